The number of nitrogens with zero attached hydrogens (tertiary/aromatic N) is 2. The van der Waals surface area contributed by atoms with E-state index in [2.05, 4.69) is 53.5 Å². The monoisotopic (exact) mass is 473 g/mol. The summed E-state index contributed by atoms with van der Waals surface area (Å²) in [6.45, 7) is 5.83. The molecule has 1 fully saturated rings. The Balaban J connectivity index is 1.34. The fourth-order valence-corrected chi connectivity index (χ4v) is 4.50. The summed E-state index contributed by atoms with van der Waals surface area (Å²) >= 11 is 0. The van der Waals surface area contributed by atoms with Crippen molar-refractivity contribution in [2.45, 2.75) is 45.4 Å². The van der Waals surface area contributed by atoms with Crippen LogP contribution in [-0.2, 0) is 19.6 Å². The van der Waals surface area contributed by atoms with Crippen LogP contribution in [0.15, 0.2) is 72.8 Å². The third-order valence-corrected chi connectivity index (χ3v) is 6.56. The highest BCUT2D eigenvalue weighted by molar-refractivity contribution is 5.74. The molecule has 2 N–H and O–H groups in total. The van der Waals surface area contributed by atoms with Crippen molar-refractivity contribution in [1.29, 1.82) is 0 Å². The minimum Gasteiger partial charge on any atom is -0.504 e. The van der Waals surface area contributed by atoms with E-state index < -0.39 is 0 Å². The fourth-order valence-electron chi connectivity index (χ4n) is 4.50. The van der Waals surface area contributed by atoms with E-state index in [1.807, 2.05) is 35.2 Å². The molecule has 3 aromatic carbocycles. The Morgan fingerprint density at radius 3 is 2.26 bits per heavy atom. The molecule has 0 spiro atoms. The standard InChI is InChI=1S/C29H35N3O3/c1-22-8-10-24(11-9-22)21-32(20-23-6-4-3-5-7-23)29(34)30-26-14-16-31(17-15-26)19-25-12-13-27(33)28(18-25)35-2/h3-13,18,26,33H,14-17,19-21H2,1-2H3,(H,30,34). The van der Waals surface area contributed by atoms with Crippen molar-refractivity contribution in [1.82, 2.24) is 15.1 Å². The van der Waals surface area contributed by atoms with Gasteiger partial charge in [-0.1, -0.05) is 66.2 Å². The Bertz CT molecular complexity index is 1090. The van der Waals surface area contributed by atoms with Gasteiger partial charge in [0.05, 0.1) is 7.11 Å². The number of ether oxygens (including phenoxy) is 1. The van der Waals surface area contributed by atoms with Crippen LogP contribution in [0.1, 0.15) is 35.1 Å². The van der Waals surface area contributed by atoms with Crippen molar-refractivity contribution in [2.75, 3.05) is 20.2 Å². The molecule has 6 heteroatoms. The zero-order chi connectivity index (χ0) is 24.6. The molecule has 0 aliphatic carbocycles. The molecule has 0 saturated carbocycles. The second-order valence-electron chi connectivity index (χ2n) is 9.33. The van der Waals surface area contributed by atoms with Crippen LogP contribution in [0.5, 0.6) is 11.5 Å². The molecule has 0 bridgehead atoms. The number of nitrogens with one attached hydrogen (secondary N) is 1. The Labute approximate surface area is 208 Å². The number of aryl methyl sites for hydroxylation is 1. The van der Waals surface area contributed by atoms with Crippen molar-refractivity contribution in [3.63, 3.8) is 0 Å². The first-order chi connectivity index (χ1) is 17.0. The first kappa shape index (κ1) is 24.6. The molecule has 6 nitrogen and oxygen atoms in total. The number of carbonyl (C=O) groups is 1. The number of carbonyl (C=O) groups excluding carboxylic acids is 1. The van der Waals surface area contributed by atoms with Crippen molar-refractivity contribution < 1.29 is 14.6 Å². The lowest BCUT2D eigenvalue weighted by molar-refractivity contribution is 0.165. The molecule has 184 valence electrons. The molecule has 1 saturated heterocycles. The van der Waals surface area contributed by atoms with Gasteiger partial charge in [0, 0.05) is 38.8 Å². The average Bonchev–Trinajstić information content (AvgIpc) is 2.88. The Hall–Kier alpha value is -3.51. The Morgan fingerprint density at radius 1 is 0.971 bits per heavy atom. The summed E-state index contributed by atoms with van der Waals surface area (Å²) in [5.74, 6) is 0.653. The number of likely N-dealkylation sites (tertiary alicyclic amines) is 1. The smallest absolute Gasteiger partial charge is 0.318 e. The summed E-state index contributed by atoms with van der Waals surface area (Å²) in [4.78, 5) is 17.6. The van der Waals surface area contributed by atoms with Gasteiger partial charge in [0.25, 0.3) is 0 Å². The van der Waals surface area contributed by atoms with Gasteiger partial charge in [-0.25, -0.2) is 4.79 Å². The van der Waals surface area contributed by atoms with E-state index in [1.54, 1.807) is 13.2 Å². The van der Waals surface area contributed by atoms with Crippen molar-refractivity contribution in [2.24, 2.45) is 0 Å². The number of phenols is 1. The number of hydrogen-bond donors (Lipinski definition) is 2. The predicted molar refractivity (Wildman–Crippen MR) is 138 cm³/mol. The first-order valence-electron chi connectivity index (χ1n) is 12.2. The van der Waals surface area contributed by atoms with Crippen molar-refractivity contribution >= 4 is 6.03 Å². The molecule has 0 radical (unpaired) electrons. The summed E-state index contributed by atoms with van der Waals surface area (Å²) in [6.07, 6.45) is 1.81. The third kappa shape index (κ3) is 6.99. The number of rotatable bonds is 8. The molecule has 0 aromatic heterocycles. The van der Waals surface area contributed by atoms with Crippen LogP contribution in [0.3, 0.4) is 0 Å². The molecule has 4 rings (SSSR count). The van der Waals surface area contributed by atoms with E-state index >= 15 is 0 Å². The molecule has 3 aromatic rings. The molecule has 2 amide bonds. The highest BCUT2D eigenvalue weighted by Crippen LogP contribution is 2.27. The highest BCUT2D eigenvalue weighted by Gasteiger charge is 2.23. The number of hydrogen-bond acceptors (Lipinski definition) is 4. The number of phenolic OH excluding ortho intramolecular Hbond substituents is 1. The van der Waals surface area contributed by atoms with Gasteiger partial charge in [0.15, 0.2) is 11.5 Å². The molecular formula is C29H35N3O3. The average molecular weight is 474 g/mol. The minimum atomic E-state index is -0.0175. The molecule has 1 heterocycles. The van der Waals surface area contributed by atoms with E-state index in [-0.39, 0.29) is 17.8 Å². The second-order valence-corrected chi connectivity index (χ2v) is 9.33. The SMILES string of the molecule is COc1cc(CN2CCC(NC(=O)N(Cc3ccccc3)Cc3ccc(C)cc3)CC2)ccc1O. The lowest BCUT2D eigenvalue weighted by Crippen LogP contribution is -2.48. The number of urea groups is 1. The van der Waals surface area contributed by atoms with Crippen LogP contribution in [-0.4, -0.2) is 47.2 Å². The van der Waals surface area contributed by atoms with Crippen LogP contribution in [0.2, 0.25) is 0 Å². The Morgan fingerprint density at radius 2 is 1.60 bits per heavy atom. The van der Waals surface area contributed by atoms with E-state index in [0.717, 1.165) is 49.2 Å². The largest absolute Gasteiger partial charge is 0.504 e. The number of methoxy groups -OCH3 is 1. The van der Waals surface area contributed by atoms with Crippen LogP contribution >= 0.6 is 0 Å². The van der Waals surface area contributed by atoms with Gasteiger partial charge in [-0.2, -0.15) is 0 Å². The van der Waals surface area contributed by atoms with Gasteiger partial charge < -0.3 is 20.1 Å². The van der Waals surface area contributed by atoms with Crippen LogP contribution in [0, 0.1) is 6.92 Å². The highest BCUT2D eigenvalue weighted by atomic mass is 16.5. The van der Waals surface area contributed by atoms with Crippen LogP contribution < -0.4 is 10.1 Å². The van der Waals surface area contributed by atoms with Gasteiger partial charge in [-0.3, -0.25) is 4.90 Å². The minimum absolute atomic E-state index is 0.0175. The first-order valence-corrected chi connectivity index (χ1v) is 12.2. The van der Waals surface area contributed by atoms with Gasteiger partial charge >= 0.3 is 6.03 Å². The normalized spacial score (nSPS) is 14.5. The zero-order valence-electron chi connectivity index (χ0n) is 20.6. The predicted octanol–water partition coefficient (Wildman–Crippen LogP) is 5.09. The fraction of sp³-hybridized carbons (Fsp3) is 0.345. The van der Waals surface area contributed by atoms with E-state index in [4.69, 9.17) is 4.74 Å². The molecule has 0 unspecified atom stereocenters. The Kier molecular flexibility index (Phi) is 8.27. The van der Waals surface area contributed by atoms with E-state index in [9.17, 15) is 9.90 Å². The number of aromatic hydroxyl groups is 1. The quantitative estimate of drug-likeness (QED) is 0.479. The van der Waals surface area contributed by atoms with Crippen molar-refractivity contribution in [3.8, 4) is 11.5 Å². The summed E-state index contributed by atoms with van der Waals surface area (Å²) in [5, 5.41) is 13.1. The topological polar surface area (TPSA) is 65.0 Å². The summed E-state index contributed by atoms with van der Waals surface area (Å²) in [6, 6.07) is 24.1. The lowest BCUT2D eigenvalue weighted by atomic mass is 10.0. The third-order valence-electron chi connectivity index (χ3n) is 6.56. The molecule has 35 heavy (non-hydrogen) atoms. The molecular weight excluding hydrogens is 438 g/mol. The van der Waals surface area contributed by atoms with E-state index in [1.165, 1.54) is 5.56 Å². The summed E-state index contributed by atoms with van der Waals surface area (Å²) < 4.78 is 5.23. The van der Waals surface area contributed by atoms with Gasteiger partial charge in [0.1, 0.15) is 0 Å². The maximum atomic E-state index is 13.3. The summed E-state index contributed by atoms with van der Waals surface area (Å²) in [7, 11) is 1.56. The van der Waals surface area contributed by atoms with E-state index in [0.29, 0.717) is 18.8 Å². The number of amides is 2. The van der Waals surface area contributed by atoms with Crippen LogP contribution in [0.4, 0.5) is 4.79 Å². The number of benzene rings is 3. The number of piperidine rings is 1. The van der Waals surface area contributed by atoms with Crippen LogP contribution in [0.25, 0.3) is 0 Å². The molecule has 1 aliphatic rings. The maximum Gasteiger partial charge on any atom is 0.318 e. The van der Waals surface area contributed by atoms with Crippen molar-refractivity contribution in [3.05, 3.63) is 95.1 Å². The molecule has 0 atom stereocenters. The maximum absolute atomic E-state index is 13.3. The van der Waals surface area contributed by atoms with Gasteiger partial charge in [-0.05, 0) is 48.6 Å². The summed E-state index contributed by atoms with van der Waals surface area (Å²) in [5.41, 5.74) is 4.56. The second kappa shape index (κ2) is 11.8. The molecule has 1 aliphatic heterocycles. The zero-order valence-corrected chi connectivity index (χ0v) is 20.6. The lowest BCUT2D eigenvalue weighted by Gasteiger charge is -2.34. The van der Waals surface area contributed by atoms with Gasteiger partial charge in [-0.15, -0.1) is 0 Å². The van der Waals surface area contributed by atoms with Gasteiger partial charge in [0.2, 0.25) is 0 Å².